The summed E-state index contributed by atoms with van der Waals surface area (Å²) in [6.45, 7) is 2.58. The van der Waals surface area contributed by atoms with Crippen LogP contribution in [0.5, 0.6) is 5.75 Å². The van der Waals surface area contributed by atoms with Gasteiger partial charge in [-0.2, -0.15) is 0 Å². The molecule has 1 fully saturated rings. The highest BCUT2D eigenvalue weighted by atomic mass is 16.6. The van der Waals surface area contributed by atoms with Crippen molar-refractivity contribution in [3.63, 3.8) is 0 Å². The van der Waals surface area contributed by atoms with Crippen LogP contribution in [0, 0.1) is 0 Å². The average Bonchev–Trinajstić information content (AvgIpc) is 2.61. The van der Waals surface area contributed by atoms with Gasteiger partial charge in [0, 0.05) is 12.1 Å². The van der Waals surface area contributed by atoms with Gasteiger partial charge in [0.15, 0.2) is 0 Å². The molecule has 0 unspecified atom stereocenters. The molecule has 22 heavy (non-hydrogen) atoms. The maximum atomic E-state index is 5.57. The zero-order valence-electron chi connectivity index (χ0n) is 12.5. The molecule has 0 radical (unpaired) electrons. The van der Waals surface area contributed by atoms with Crippen molar-refractivity contribution in [3.8, 4) is 17.0 Å². The molecule has 6 nitrogen and oxygen atoms in total. The summed E-state index contributed by atoms with van der Waals surface area (Å²) in [4.78, 5) is 0. The van der Waals surface area contributed by atoms with Gasteiger partial charge in [-0.15, -0.1) is 10.2 Å². The molecule has 1 aromatic heterocycles. The Morgan fingerprint density at radius 2 is 2.09 bits per heavy atom. The fraction of sp³-hybridized carbons (Fsp3) is 0.375. The number of ether oxygens (including phenoxy) is 3. The molecule has 2 heterocycles. The number of nitrogens with one attached hydrogen (secondary N) is 1. The maximum Gasteiger partial charge on any atom is 0.148 e. The molecule has 0 bridgehead atoms. The quantitative estimate of drug-likeness (QED) is 0.911. The number of hydrogen-bond donors (Lipinski definition) is 1. The number of benzene rings is 1. The summed E-state index contributed by atoms with van der Waals surface area (Å²) < 4.78 is 16.3. The number of nitrogens with zero attached hydrogens (tertiary/aromatic N) is 2. The van der Waals surface area contributed by atoms with Crippen molar-refractivity contribution in [2.75, 3.05) is 38.8 Å². The van der Waals surface area contributed by atoms with Crippen LogP contribution in [0.25, 0.3) is 11.3 Å². The lowest BCUT2D eigenvalue weighted by Gasteiger charge is -2.23. The van der Waals surface area contributed by atoms with E-state index in [9.17, 15) is 0 Å². The number of anilines is 1. The summed E-state index contributed by atoms with van der Waals surface area (Å²) in [7, 11) is 1.65. The van der Waals surface area contributed by atoms with Crippen molar-refractivity contribution in [2.45, 2.75) is 6.10 Å². The highest BCUT2D eigenvalue weighted by Gasteiger charge is 2.14. The molecule has 1 saturated heterocycles. The monoisotopic (exact) mass is 301 g/mol. The van der Waals surface area contributed by atoms with Crippen LogP contribution in [0.15, 0.2) is 36.4 Å². The zero-order chi connectivity index (χ0) is 15.2. The molecular formula is C16H19N3O3. The van der Waals surface area contributed by atoms with Crippen LogP contribution in [-0.4, -0.2) is 49.8 Å². The summed E-state index contributed by atoms with van der Waals surface area (Å²) in [6, 6.07) is 11.6. The van der Waals surface area contributed by atoms with E-state index >= 15 is 0 Å². The second-order valence-corrected chi connectivity index (χ2v) is 4.95. The van der Waals surface area contributed by atoms with E-state index in [1.165, 1.54) is 0 Å². The molecule has 1 aliphatic heterocycles. The van der Waals surface area contributed by atoms with E-state index in [2.05, 4.69) is 15.5 Å². The Labute approximate surface area is 129 Å². The predicted molar refractivity (Wildman–Crippen MR) is 83.1 cm³/mol. The van der Waals surface area contributed by atoms with Gasteiger partial charge < -0.3 is 19.5 Å². The molecule has 0 spiro atoms. The van der Waals surface area contributed by atoms with E-state index < -0.39 is 0 Å². The molecule has 0 aliphatic carbocycles. The minimum absolute atomic E-state index is 0.0597. The first-order chi connectivity index (χ1) is 10.9. The SMILES string of the molecule is COc1ccccc1-c1ccc(NC[C@@H]2COCCO2)nn1. The fourth-order valence-corrected chi connectivity index (χ4v) is 2.30. The van der Waals surface area contributed by atoms with Crippen LogP contribution in [0.3, 0.4) is 0 Å². The maximum absolute atomic E-state index is 5.57. The second kappa shape index (κ2) is 7.20. The zero-order valence-corrected chi connectivity index (χ0v) is 12.5. The van der Waals surface area contributed by atoms with E-state index in [1.807, 2.05) is 36.4 Å². The lowest BCUT2D eigenvalue weighted by atomic mass is 10.1. The van der Waals surface area contributed by atoms with Crippen molar-refractivity contribution in [3.05, 3.63) is 36.4 Å². The summed E-state index contributed by atoms with van der Waals surface area (Å²) in [6.07, 6.45) is 0.0597. The molecule has 1 aromatic carbocycles. The number of para-hydroxylation sites is 1. The van der Waals surface area contributed by atoms with E-state index in [1.54, 1.807) is 7.11 Å². The van der Waals surface area contributed by atoms with Gasteiger partial charge in [-0.05, 0) is 24.3 Å². The van der Waals surface area contributed by atoms with Crippen LogP contribution in [0.4, 0.5) is 5.82 Å². The van der Waals surface area contributed by atoms with Gasteiger partial charge in [0.2, 0.25) is 0 Å². The Morgan fingerprint density at radius 3 is 2.82 bits per heavy atom. The first-order valence-electron chi connectivity index (χ1n) is 7.27. The minimum Gasteiger partial charge on any atom is -0.496 e. The average molecular weight is 301 g/mol. The molecule has 116 valence electrons. The van der Waals surface area contributed by atoms with Crippen molar-refractivity contribution in [1.29, 1.82) is 0 Å². The van der Waals surface area contributed by atoms with Gasteiger partial charge >= 0.3 is 0 Å². The van der Waals surface area contributed by atoms with Crippen LogP contribution in [0.1, 0.15) is 0 Å². The first kappa shape index (κ1) is 14.7. The van der Waals surface area contributed by atoms with E-state index in [0.29, 0.717) is 32.2 Å². The van der Waals surface area contributed by atoms with E-state index in [-0.39, 0.29) is 6.10 Å². The third kappa shape index (κ3) is 3.52. The van der Waals surface area contributed by atoms with Gasteiger partial charge in [-0.1, -0.05) is 12.1 Å². The molecule has 1 N–H and O–H groups in total. The van der Waals surface area contributed by atoms with Gasteiger partial charge in [-0.25, -0.2) is 0 Å². The molecule has 1 aliphatic rings. The second-order valence-electron chi connectivity index (χ2n) is 4.95. The summed E-state index contributed by atoms with van der Waals surface area (Å²) >= 11 is 0. The number of rotatable bonds is 5. The van der Waals surface area contributed by atoms with Crippen molar-refractivity contribution >= 4 is 5.82 Å². The molecule has 3 rings (SSSR count). The van der Waals surface area contributed by atoms with E-state index in [0.717, 1.165) is 17.0 Å². The molecule has 1 atom stereocenters. The number of hydrogen-bond acceptors (Lipinski definition) is 6. The molecular weight excluding hydrogens is 282 g/mol. The van der Waals surface area contributed by atoms with Gasteiger partial charge in [0.1, 0.15) is 11.6 Å². The highest BCUT2D eigenvalue weighted by Crippen LogP contribution is 2.27. The number of methoxy groups -OCH3 is 1. The molecule has 2 aromatic rings. The van der Waals surface area contributed by atoms with Crippen molar-refractivity contribution in [1.82, 2.24) is 10.2 Å². The van der Waals surface area contributed by atoms with Crippen LogP contribution in [0.2, 0.25) is 0 Å². The molecule has 6 heteroatoms. The topological polar surface area (TPSA) is 65.5 Å². The first-order valence-corrected chi connectivity index (χ1v) is 7.27. The standard InChI is InChI=1S/C16H19N3O3/c1-20-15-5-3-2-4-13(15)14-6-7-16(19-18-14)17-10-12-11-21-8-9-22-12/h2-7,12H,8-11H2,1H3,(H,17,19)/t12-/m1/s1. The highest BCUT2D eigenvalue weighted by molar-refractivity contribution is 5.67. The lowest BCUT2D eigenvalue weighted by molar-refractivity contribution is -0.0819. The Bertz CT molecular complexity index is 598. The van der Waals surface area contributed by atoms with Crippen LogP contribution < -0.4 is 10.1 Å². The van der Waals surface area contributed by atoms with Gasteiger partial charge in [0.05, 0.1) is 38.7 Å². The van der Waals surface area contributed by atoms with Gasteiger partial charge in [0.25, 0.3) is 0 Å². The molecule has 0 amide bonds. The normalized spacial score (nSPS) is 18.0. The lowest BCUT2D eigenvalue weighted by Crippen LogP contribution is -2.34. The predicted octanol–water partition coefficient (Wildman–Crippen LogP) is 1.98. The largest absolute Gasteiger partial charge is 0.496 e. The minimum atomic E-state index is 0.0597. The van der Waals surface area contributed by atoms with Crippen LogP contribution >= 0.6 is 0 Å². The number of aromatic nitrogens is 2. The smallest absolute Gasteiger partial charge is 0.148 e. The van der Waals surface area contributed by atoms with E-state index in [4.69, 9.17) is 14.2 Å². The van der Waals surface area contributed by atoms with Gasteiger partial charge in [-0.3, -0.25) is 0 Å². The third-order valence-electron chi connectivity index (χ3n) is 3.44. The third-order valence-corrected chi connectivity index (χ3v) is 3.44. The molecule has 0 saturated carbocycles. The van der Waals surface area contributed by atoms with Crippen molar-refractivity contribution < 1.29 is 14.2 Å². The van der Waals surface area contributed by atoms with Crippen LogP contribution in [-0.2, 0) is 9.47 Å². The Hall–Kier alpha value is -2.18. The van der Waals surface area contributed by atoms with Crippen molar-refractivity contribution in [2.24, 2.45) is 0 Å². The summed E-state index contributed by atoms with van der Waals surface area (Å²) in [5.74, 6) is 1.50. The Morgan fingerprint density at radius 1 is 1.18 bits per heavy atom. The Balaban J connectivity index is 1.64. The Kier molecular flexibility index (Phi) is 4.82. The fourth-order valence-electron chi connectivity index (χ4n) is 2.30. The summed E-state index contributed by atoms with van der Waals surface area (Å²) in [5, 5.41) is 11.7. The summed E-state index contributed by atoms with van der Waals surface area (Å²) in [5.41, 5.74) is 1.70.